The number of nitrogens with zero attached hydrogens (tertiary/aromatic N) is 1. The molecule has 1 aromatic carbocycles. The van der Waals surface area contributed by atoms with E-state index in [0.717, 1.165) is 12.0 Å². The van der Waals surface area contributed by atoms with Crippen molar-refractivity contribution in [1.29, 1.82) is 0 Å². The Kier molecular flexibility index (Phi) is 3.99. The minimum Gasteiger partial charge on any atom is -0.457 e. The number of thioether (sulfide) groups is 1. The number of carbonyl (C=O) groups is 2. The maximum absolute atomic E-state index is 13.2. The van der Waals surface area contributed by atoms with Crippen LogP contribution in [0.4, 0.5) is 0 Å². The summed E-state index contributed by atoms with van der Waals surface area (Å²) in [6.07, 6.45) is 2.69. The average Bonchev–Trinajstić information content (AvgIpc) is 3.08. The van der Waals surface area contributed by atoms with E-state index in [1.54, 1.807) is 0 Å². The lowest BCUT2D eigenvalue weighted by molar-refractivity contribution is -0.169. The van der Waals surface area contributed by atoms with Crippen LogP contribution in [0.3, 0.4) is 0 Å². The molecule has 0 radical (unpaired) electrons. The van der Waals surface area contributed by atoms with E-state index in [2.05, 4.69) is 27.7 Å². The number of allylic oxidation sites excluding steroid dienone is 1. The Hall–Kier alpha value is -1.75. The molecule has 2 unspecified atom stereocenters. The fourth-order valence-electron chi connectivity index (χ4n) is 4.50. The molecule has 1 amide bonds. The lowest BCUT2D eigenvalue weighted by Gasteiger charge is -2.54. The first-order valence-electron chi connectivity index (χ1n) is 9.22. The molecule has 0 bridgehead atoms. The Bertz CT molecular complexity index is 788. The average molecular weight is 372 g/mol. The number of carbonyl (C=O) groups excluding carboxylic acids is 2. The molecule has 4 atom stereocenters. The summed E-state index contributed by atoms with van der Waals surface area (Å²) in [5.74, 6) is -0.116. The highest BCUT2D eigenvalue weighted by atomic mass is 32.2. The summed E-state index contributed by atoms with van der Waals surface area (Å²) in [5.41, 5.74) is 0.818. The van der Waals surface area contributed by atoms with Gasteiger partial charge in [-0.1, -0.05) is 43.3 Å². The number of hydrogen-bond donors (Lipinski definition) is 0. The van der Waals surface area contributed by atoms with Crippen molar-refractivity contribution in [3.8, 4) is 0 Å². The first-order chi connectivity index (χ1) is 12.3. The number of rotatable bonds is 3. The highest BCUT2D eigenvalue weighted by Gasteiger charge is 2.73. The summed E-state index contributed by atoms with van der Waals surface area (Å²) in [5, 5.41) is 0.0352. The second kappa shape index (κ2) is 5.88. The summed E-state index contributed by atoms with van der Waals surface area (Å²) < 4.78 is 5.57. The third-order valence-electron chi connectivity index (χ3n) is 6.40. The van der Waals surface area contributed by atoms with Crippen molar-refractivity contribution in [2.24, 2.45) is 11.3 Å². The predicted molar refractivity (Wildman–Crippen MR) is 102 cm³/mol. The van der Waals surface area contributed by atoms with Crippen LogP contribution in [0.1, 0.15) is 39.7 Å². The Labute approximate surface area is 159 Å². The lowest BCUT2D eigenvalue weighted by Crippen LogP contribution is -2.70. The van der Waals surface area contributed by atoms with Gasteiger partial charge >= 0.3 is 5.97 Å². The van der Waals surface area contributed by atoms with Gasteiger partial charge in [-0.3, -0.25) is 4.79 Å². The molecular weight excluding hydrogens is 346 g/mol. The molecule has 5 heteroatoms. The highest BCUT2D eigenvalue weighted by Crippen LogP contribution is 2.66. The van der Waals surface area contributed by atoms with Gasteiger partial charge in [0.2, 0.25) is 5.91 Å². The number of benzene rings is 1. The van der Waals surface area contributed by atoms with E-state index < -0.39 is 5.41 Å². The molecule has 1 aliphatic carbocycles. The fourth-order valence-corrected chi connectivity index (χ4v) is 6.42. The smallest absolute Gasteiger partial charge is 0.335 e. The van der Waals surface area contributed by atoms with Crippen molar-refractivity contribution in [3.05, 3.63) is 47.5 Å². The van der Waals surface area contributed by atoms with Crippen LogP contribution in [0.5, 0.6) is 0 Å². The second-order valence-corrected chi connectivity index (χ2v) is 9.88. The second-order valence-electron chi connectivity index (χ2n) is 8.15. The third-order valence-corrected chi connectivity index (χ3v) is 8.17. The van der Waals surface area contributed by atoms with Crippen LogP contribution >= 0.6 is 11.8 Å². The topological polar surface area (TPSA) is 46.6 Å². The molecule has 1 aromatic rings. The highest BCUT2D eigenvalue weighted by molar-refractivity contribution is 8.01. The normalized spacial score (nSPS) is 34.5. The van der Waals surface area contributed by atoms with Crippen LogP contribution in [-0.4, -0.2) is 32.9 Å². The number of β-lactam (4-membered cyclic amide) rings is 1. The van der Waals surface area contributed by atoms with Gasteiger partial charge in [0.1, 0.15) is 12.0 Å². The van der Waals surface area contributed by atoms with Gasteiger partial charge < -0.3 is 9.64 Å². The minimum absolute atomic E-state index is 0.00874. The van der Waals surface area contributed by atoms with Crippen molar-refractivity contribution < 1.29 is 14.3 Å². The zero-order valence-electron chi connectivity index (χ0n) is 15.7. The van der Waals surface area contributed by atoms with Gasteiger partial charge in [0.25, 0.3) is 0 Å². The summed E-state index contributed by atoms with van der Waals surface area (Å²) in [4.78, 5) is 28.1. The molecule has 4 rings (SSSR count). The largest absolute Gasteiger partial charge is 0.457 e. The summed E-state index contributed by atoms with van der Waals surface area (Å²) >= 11 is 1.82. The Balaban J connectivity index is 1.57. The van der Waals surface area contributed by atoms with Crippen LogP contribution < -0.4 is 0 Å². The quantitative estimate of drug-likeness (QED) is 0.599. The van der Waals surface area contributed by atoms with Gasteiger partial charge in [-0.05, 0) is 38.7 Å². The van der Waals surface area contributed by atoms with Gasteiger partial charge in [0, 0.05) is 10.8 Å². The predicted octanol–water partition coefficient (Wildman–Crippen LogP) is 3.76. The molecule has 138 valence electrons. The molecule has 26 heavy (non-hydrogen) atoms. The zero-order chi connectivity index (χ0) is 18.7. The van der Waals surface area contributed by atoms with E-state index in [1.165, 1.54) is 0 Å². The first-order valence-corrected chi connectivity index (χ1v) is 10.1. The van der Waals surface area contributed by atoms with E-state index in [-0.39, 0.29) is 40.6 Å². The Morgan fingerprint density at radius 3 is 2.65 bits per heavy atom. The molecule has 4 nitrogen and oxygen atoms in total. The van der Waals surface area contributed by atoms with Crippen LogP contribution in [0.25, 0.3) is 0 Å². The molecule has 1 spiro atoms. The van der Waals surface area contributed by atoms with Crippen molar-refractivity contribution in [2.75, 3.05) is 0 Å². The number of fused-ring (bicyclic) bond motifs is 2. The maximum atomic E-state index is 13.2. The Morgan fingerprint density at radius 1 is 1.27 bits per heavy atom. The summed E-state index contributed by atoms with van der Waals surface area (Å²) in [6.45, 7) is 8.78. The molecule has 0 saturated carbocycles. The van der Waals surface area contributed by atoms with Crippen LogP contribution in [0, 0.1) is 11.3 Å². The van der Waals surface area contributed by atoms with E-state index >= 15 is 0 Å². The van der Waals surface area contributed by atoms with Gasteiger partial charge in [-0.15, -0.1) is 11.8 Å². The van der Waals surface area contributed by atoms with Crippen molar-refractivity contribution in [2.45, 2.75) is 56.9 Å². The van der Waals surface area contributed by atoms with Gasteiger partial charge in [0.05, 0.1) is 10.9 Å². The number of hydrogen-bond acceptors (Lipinski definition) is 4. The monoisotopic (exact) mass is 371 g/mol. The molecule has 0 N–H and O–H groups in total. The van der Waals surface area contributed by atoms with Crippen molar-refractivity contribution in [1.82, 2.24) is 4.90 Å². The number of amides is 1. The standard InChI is InChI=1S/C21H25NO3S/c1-13-10-11-16(17(23)25-12-15-8-6-5-7-9-15)21(13)18(24)22-14(2)20(3,4)26-19(21)22/h5-9,11,13-14,19H,10,12H2,1-4H3/t13?,14-,19+,21?/m0/s1. The SMILES string of the molecule is CC1CC=C(C(=O)OCc2ccccc2)C12C(=O)N1[C@@H](C)C(C)(C)S[C@@H]12. The number of esters is 1. The first kappa shape index (κ1) is 17.7. The third kappa shape index (κ3) is 2.22. The van der Waals surface area contributed by atoms with E-state index in [9.17, 15) is 9.59 Å². The molecular formula is C21H25NO3S. The fraction of sp³-hybridized carbons (Fsp3) is 0.524. The van der Waals surface area contributed by atoms with Crippen LogP contribution in [-0.2, 0) is 20.9 Å². The van der Waals surface area contributed by atoms with Gasteiger partial charge in [-0.2, -0.15) is 0 Å². The number of ether oxygens (including phenoxy) is 1. The summed E-state index contributed by atoms with van der Waals surface area (Å²) in [7, 11) is 0. The van der Waals surface area contributed by atoms with Crippen LogP contribution in [0.2, 0.25) is 0 Å². The van der Waals surface area contributed by atoms with Gasteiger partial charge in [-0.25, -0.2) is 4.79 Å². The minimum atomic E-state index is -0.708. The molecule has 2 saturated heterocycles. The van der Waals surface area contributed by atoms with Gasteiger partial charge in [0.15, 0.2) is 0 Å². The maximum Gasteiger partial charge on any atom is 0.335 e. The molecule has 3 aliphatic rings. The van der Waals surface area contributed by atoms with E-state index in [4.69, 9.17) is 4.74 Å². The van der Waals surface area contributed by atoms with Crippen LogP contribution in [0.15, 0.2) is 42.0 Å². The molecule has 2 fully saturated rings. The molecule has 2 heterocycles. The molecule has 2 aliphatic heterocycles. The molecule has 0 aromatic heterocycles. The Morgan fingerprint density at radius 2 is 1.96 bits per heavy atom. The summed E-state index contributed by atoms with van der Waals surface area (Å²) in [6, 6.07) is 9.82. The van der Waals surface area contributed by atoms with Crippen molar-refractivity contribution >= 4 is 23.6 Å². The van der Waals surface area contributed by atoms with Crippen molar-refractivity contribution in [3.63, 3.8) is 0 Å². The van der Waals surface area contributed by atoms with E-state index in [1.807, 2.05) is 53.1 Å². The lowest BCUT2D eigenvalue weighted by atomic mass is 9.66. The van der Waals surface area contributed by atoms with E-state index in [0.29, 0.717) is 5.57 Å². The zero-order valence-corrected chi connectivity index (χ0v) is 16.5.